The van der Waals surface area contributed by atoms with E-state index in [0.29, 0.717) is 11.5 Å². The van der Waals surface area contributed by atoms with Crippen molar-refractivity contribution in [3.63, 3.8) is 0 Å². The lowest BCUT2D eigenvalue weighted by Gasteiger charge is -2.49. The van der Waals surface area contributed by atoms with Crippen molar-refractivity contribution in [2.24, 2.45) is 11.3 Å². The summed E-state index contributed by atoms with van der Waals surface area (Å²) < 4.78 is 5.66. The quantitative estimate of drug-likeness (QED) is 0.858. The molecule has 0 aromatic rings. The first-order valence-corrected chi connectivity index (χ1v) is 8.43. The minimum Gasteiger partial charge on any atom is -0.378 e. The van der Waals surface area contributed by atoms with Gasteiger partial charge in [0.15, 0.2) is 0 Å². The van der Waals surface area contributed by atoms with Crippen molar-refractivity contribution in [2.75, 3.05) is 32.8 Å². The van der Waals surface area contributed by atoms with Gasteiger partial charge >= 0.3 is 0 Å². The maximum atomic E-state index is 5.66. The van der Waals surface area contributed by atoms with Gasteiger partial charge in [0.2, 0.25) is 0 Å². The van der Waals surface area contributed by atoms with Crippen molar-refractivity contribution in [3.8, 4) is 0 Å². The second-order valence-corrected chi connectivity index (χ2v) is 7.99. The molecule has 118 valence electrons. The van der Waals surface area contributed by atoms with Crippen LogP contribution < -0.4 is 5.32 Å². The van der Waals surface area contributed by atoms with Crippen LogP contribution in [-0.2, 0) is 4.74 Å². The predicted molar refractivity (Wildman–Crippen MR) is 85.1 cm³/mol. The standard InChI is InChI=1S/C17H34N2O/c1-6-18-15-14(8-7-9-16(15,2)3)12-19-10-11-20-13-17(19,4)5/h14-15,18H,6-13H2,1-5H3. The van der Waals surface area contributed by atoms with E-state index in [1.807, 2.05) is 0 Å². The molecule has 1 heterocycles. The Labute approximate surface area is 125 Å². The second kappa shape index (κ2) is 6.33. The lowest BCUT2D eigenvalue weighted by molar-refractivity contribution is -0.0659. The van der Waals surface area contributed by atoms with Crippen LogP contribution in [0.2, 0.25) is 0 Å². The van der Waals surface area contributed by atoms with Gasteiger partial charge in [0.25, 0.3) is 0 Å². The van der Waals surface area contributed by atoms with Crippen LogP contribution in [0.3, 0.4) is 0 Å². The first-order chi connectivity index (χ1) is 9.37. The molecular formula is C17H34N2O. The molecule has 1 aliphatic carbocycles. The van der Waals surface area contributed by atoms with Crippen LogP contribution in [0, 0.1) is 11.3 Å². The number of hydrogen-bond acceptors (Lipinski definition) is 3. The zero-order valence-electron chi connectivity index (χ0n) is 14.2. The van der Waals surface area contributed by atoms with Crippen molar-refractivity contribution in [1.82, 2.24) is 10.2 Å². The highest BCUT2D eigenvalue weighted by Gasteiger charge is 2.41. The second-order valence-electron chi connectivity index (χ2n) is 7.99. The molecule has 1 N–H and O–H groups in total. The Morgan fingerprint density at radius 3 is 2.65 bits per heavy atom. The van der Waals surface area contributed by atoms with Crippen LogP contribution in [0.4, 0.5) is 0 Å². The fourth-order valence-electron chi connectivity index (χ4n) is 4.15. The summed E-state index contributed by atoms with van der Waals surface area (Å²) >= 11 is 0. The number of ether oxygens (including phenoxy) is 1. The lowest BCUT2D eigenvalue weighted by atomic mass is 9.67. The van der Waals surface area contributed by atoms with E-state index in [0.717, 1.165) is 32.2 Å². The number of morpholine rings is 1. The smallest absolute Gasteiger partial charge is 0.0645 e. The molecule has 2 aliphatic rings. The number of rotatable bonds is 4. The van der Waals surface area contributed by atoms with Gasteiger partial charge < -0.3 is 10.1 Å². The van der Waals surface area contributed by atoms with Gasteiger partial charge in [0.05, 0.1) is 13.2 Å². The van der Waals surface area contributed by atoms with Crippen LogP contribution >= 0.6 is 0 Å². The molecule has 3 heteroatoms. The van der Waals surface area contributed by atoms with Gasteiger partial charge in [-0.2, -0.15) is 0 Å². The summed E-state index contributed by atoms with van der Waals surface area (Å²) in [5.74, 6) is 0.774. The number of nitrogens with zero attached hydrogens (tertiary/aromatic N) is 1. The zero-order valence-corrected chi connectivity index (χ0v) is 14.2. The van der Waals surface area contributed by atoms with Crippen LogP contribution in [0.1, 0.15) is 53.9 Å². The van der Waals surface area contributed by atoms with Crippen LogP contribution in [0.15, 0.2) is 0 Å². The van der Waals surface area contributed by atoms with E-state index < -0.39 is 0 Å². The predicted octanol–water partition coefficient (Wildman–Crippen LogP) is 2.90. The summed E-state index contributed by atoms with van der Waals surface area (Å²) in [4.78, 5) is 2.66. The molecule has 1 aliphatic heterocycles. The molecule has 0 aromatic heterocycles. The van der Waals surface area contributed by atoms with Gasteiger partial charge in [-0.1, -0.05) is 27.2 Å². The fourth-order valence-corrected chi connectivity index (χ4v) is 4.15. The maximum absolute atomic E-state index is 5.66. The third-order valence-electron chi connectivity index (χ3n) is 5.41. The Morgan fingerprint density at radius 2 is 2.00 bits per heavy atom. The fraction of sp³-hybridized carbons (Fsp3) is 1.00. The highest BCUT2D eigenvalue weighted by Crippen LogP contribution is 2.40. The topological polar surface area (TPSA) is 24.5 Å². The molecule has 20 heavy (non-hydrogen) atoms. The minimum atomic E-state index is 0.191. The SMILES string of the molecule is CCNC1C(CN2CCOCC2(C)C)CCCC1(C)C. The first-order valence-electron chi connectivity index (χ1n) is 8.43. The Morgan fingerprint density at radius 1 is 1.25 bits per heavy atom. The van der Waals surface area contributed by atoms with Crippen LogP contribution in [0.25, 0.3) is 0 Å². The highest BCUT2D eigenvalue weighted by molar-refractivity contribution is 4.96. The first kappa shape index (κ1) is 16.3. The maximum Gasteiger partial charge on any atom is 0.0645 e. The van der Waals surface area contributed by atoms with Crippen LogP contribution in [-0.4, -0.2) is 49.3 Å². The van der Waals surface area contributed by atoms with Crippen molar-refractivity contribution in [3.05, 3.63) is 0 Å². The van der Waals surface area contributed by atoms with E-state index in [1.54, 1.807) is 0 Å². The van der Waals surface area contributed by atoms with Gasteiger partial charge in [-0.3, -0.25) is 4.90 Å². The van der Waals surface area contributed by atoms with Gasteiger partial charge in [-0.15, -0.1) is 0 Å². The highest BCUT2D eigenvalue weighted by atomic mass is 16.5. The summed E-state index contributed by atoms with van der Waals surface area (Å²) in [5.41, 5.74) is 0.617. The van der Waals surface area contributed by atoms with E-state index in [1.165, 1.54) is 25.8 Å². The van der Waals surface area contributed by atoms with Gasteiger partial charge in [-0.05, 0) is 44.6 Å². The average molecular weight is 282 g/mol. The summed E-state index contributed by atoms with van der Waals surface area (Å²) in [5, 5.41) is 3.78. The summed E-state index contributed by atoms with van der Waals surface area (Å²) in [6.45, 7) is 16.9. The summed E-state index contributed by atoms with van der Waals surface area (Å²) in [6, 6.07) is 0.653. The molecular weight excluding hydrogens is 248 g/mol. The lowest BCUT2D eigenvalue weighted by Crippen LogP contribution is -2.58. The molecule has 0 amide bonds. The molecule has 0 aromatic carbocycles. The number of hydrogen-bond donors (Lipinski definition) is 1. The van der Waals surface area contributed by atoms with E-state index in [4.69, 9.17) is 4.74 Å². The minimum absolute atomic E-state index is 0.191. The monoisotopic (exact) mass is 282 g/mol. The van der Waals surface area contributed by atoms with Gasteiger partial charge in [0.1, 0.15) is 0 Å². The Hall–Kier alpha value is -0.120. The largest absolute Gasteiger partial charge is 0.378 e. The Bertz CT molecular complexity index is 314. The third kappa shape index (κ3) is 3.55. The molecule has 2 fully saturated rings. The zero-order chi connectivity index (χ0) is 14.8. The molecule has 0 bridgehead atoms. The Balaban J connectivity index is 2.05. The normalized spacial score (nSPS) is 34.0. The molecule has 2 atom stereocenters. The van der Waals surface area contributed by atoms with E-state index in [-0.39, 0.29) is 5.54 Å². The average Bonchev–Trinajstić information content (AvgIpc) is 2.35. The molecule has 0 spiro atoms. The van der Waals surface area contributed by atoms with Gasteiger partial charge in [-0.25, -0.2) is 0 Å². The summed E-state index contributed by atoms with van der Waals surface area (Å²) in [6.07, 6.45) is 4.10. The van der Waals surface area contributed by atoms with E-state index >= 15 is 0 Å². The van der Waals surface area contributed by atoms with Gasteiger partial charge in [0, 0.05) is 24.7 Å². The molecule has 1 saturated carbocycles. The molecule has 1 saturated heterocycles. The van der Waals surface area contributed by atoms with Crippen molar-refractivity contribution in [1.29, 1.82) is 0 Å². The summed E-state index contributed by atoms with van der Waals surface area (Å²) in [7, 11) is 0. The van der Waals surface area contributed by atoms with E-state index in [9.17, 15) is 0 Å². The van der Waals surface area contributed by atoms with Crippen molar-refractivity contribution in [2.45, 2.75) is 65.5 Å². The molecule has 0 radical (unpaired) electrons. The molecule has 2 unspecified atom stereocenters. The van der Waals surface area contributed by atoms with E-state index in [2.05, 4.69) is 44.8 Å². The Kier molecular flexibility index (Phi) is 5.14. The third-order valence-corrected chi connectivity index (χ3v) is 5.41. The molecule has 3 nitrogen and oxygen atoms in total. The van der Waals surface area contributed by atoms with Crippen molar-refractivity contribution < 1.29 is 4.74 Å². The molecule has 2 rings (SSSR count). The van der Waals surface area contributed by atoms with Crippen molar-refractivity contribution >= 4 is 0 Å². The van der Waals surface area contributed by atoms with Crippen LogP contribution in [0.5, 0.6) is 0 Å². The number of nitrogens with one attached hydrogen (secondary N) is 1.